The van der Waals surface area contributed by atoms with Crippen molar-refractivity contribution in [1.82, 2.24) is 4.90 Å². The quantitative estimate of drug-likeness (QED) is 0.278. The van der Waals surface area contributed by atoms with E-state index in [9.17, 15) is 25.0 Å². The number of nitro benzene ring substituents is 2. The molecule has 182 valence electrons. The Morgan fingerprint density at radius 3 is 2.28 bits per heavy atom. The van der Waals surface area contributed by atoms with Gasteiger partial charge in [0.15, 0.2) is 5.17 Å². The number of aliphatic imine (C=N–C) groups is 1. The van der Waals surface area contributed by atoms with Gasteiger partial charge in [-0.2, -0.15) is 4.99 Å². The second-order valence-corrected chi connectivity index (χ2v) is 9.04. The smallest absolute Gasteiger partial charge is 0.286 e. The maximum Gasteiger partial charge on any atom is 0.286 e. The number of hydrogen-bond acceptors (Lipinski definition) is 9. The fourth-order valence-electron chi connectivity index (χ4n) is 4.02. The van der Waals surface area contributed by atoms with E-state index in [4.69, 9.17) is 4.42 Å². The average Bonchev–Trinajstić information content (AvgIpc) is 3.51. The number of carbonyl (C=O) groups is 1. The third-order valence-electron chi connectivity index (χ3n) is 5.85. The Morgan fingerprint density at radius 2 is 1.58 bits per heavy atom. The molecule has 0 saturated carbocycles. The van der Waals surface area contributed by atoms with Gasteiger partial charge in [-0.25, -0.2) is 0 Å². The van der Waals surface area contributed by atoms with Crippen LogP contribution in [0, 0.1) is 20.2 Å². The lowest BCUT2D eigenvalue weighted by atomic mass is 10.1. The van der Waals surface area contributed by atoms with Gasteiger partial charge in [0.05, 0.1) is 20.3 Å². The van der Waals surface area contributed by atoms with E-state index in [1.165, 1.54) is 30.0 Å². The summed E-state index contributed by atoms with van der Waals surface area (Å²) >= 11 is 1.26. The molecule has 1 aromatic heterocycles. The van der Waals surface area contributed by atoms with Gasteiger partial charge < -0.3 is 14.2 Å². The molecule has 0 atom stereocenters. The Kier molecular flexibility index (Phi) is 6.25. The number of carbonyl (C=O) groups excluding carboxylic acids is 1. The highest BCUT2D eigenvalue weighted by Gasteiger charge is 2.29. The van der Waals surface area contributed by atoms with Gasteiger partial charge in [-0.3, -0.25) is 25.0 Å². The lowest BCUT2D eigenvalue weighted by Gasteiger charge is -2.36. The van der Waals surface area contributed by atoms with Crippen molar-refractivity contribution in [3.05, 3.63) is 91.6 Å². The first-order valence-electron chi connectivity index (χ1n) is 11.0. The SMILES string of the molecule is O=C1N=C(N2CCN(c3ccc([N+](=O)[O-])cc3)CC2)SC1=Cc1ccc(-c2ccccc2[N+](=O)[O-])o1. The van der Waals surface area contributed by atoms with Crippen LogP contribution in [0.15, 0.2) is 75.0 Å². The fourth-order valence-corrected chi connectivity index (χ4v) is 4.96. The van der Waals surface area contributed by atoms with Crippen molar-refractivity contribution < 1.29 is 19.1 Å². The van der Waals surface area contributed by atoms with Gasteiger partial charge in [0, 0.05) is 56.1 Å². The first-order chi connectivity index (χ1) is 17.4. The zero-order valence-corrected chi connectivity index (χ0v) is 19.6. The Balaban J connectivity index is 1.23. The van der Waals surface area contributed by atoms with E-state index < -0.39 is 9.85 Å². The third-order valence-corrected chi connectivity index (χ3v) is 6.90. The van der Waals surface area contributed by atoms with Gasteiger partial charge in [-0.05, 0) is 42.1 Å². The van der Waals surface area contributed by atoms with Gasteiger partial charge in [0.25, 0.3) is 17.3 Å². The lowest BCUT2D eigenvalue weighted by molar-refractivity contribution is -0.384. The highest BCUT2D eigenvalue weighted by molar-refractivity contribution is 8.18. The third kappa shape index (κ3) is 4.70. The predicted octanol–water partition coefficient (Wildman–Crippen LogP) is 4.56. The molecule has 0 radical (unpaired) electrons. The molecule has 2 aliphatic heterocycles. The van der Waals surface area contributed by atoms with Crippen molar-refractivity contribution in [3.63, 3.8) is 0 Å². The van der Waals surface area contributed by atoms with Crippen LogP contribution in [0.25, 0.3) is 17.4 Å². The Hall–Kier alpha value is -4.45. The van der Waals surface area contributed by atoms with Crippen LogP contribution >= 0.6 is 11.8 Å². The molecule has 0 aliphatic carbocycles. The number of amidine groups is 1. The van der Waals surface area contributed by atoms with E-state index in [-0.39, 0.29) is 17.3 Å². The lowest BCUT2D eigenvalue weighted by Crippen LogP contribution is -2.47. The highest BCUT2D eigenvalue weighted by atomic mass is 32.2. The van der Waals surface area contributed by atoms with E-state index in [0.29, 0.717) is 53.3 Å². The molecular weight excluding hydrogens is 486 g/mol. The van der Waals surface area contributed by atoms with Crippen LogP contribution in [0.5, 0.6) is 0 Å². The van der Waals surface area contributed by atoms with Crippen molar-refractivity contribution in [2.24, 2.45) is 4.99 Å². The average molecular weight is 506 g/mol. The van der Waals surface area contributed by atoms with Crippen LogP contribution in [-0.4, -0.2) is 52.0 Å². The molecule has 0 spiro atoms. The molecule has 12 heteroatoms. The number of nitro groups is 2. The summed E-state index contributed by atoms with van der Waals surface area (Å²) < 4.78 is 5.78. The summed E-state index contributed by atoms with van der Waals surface area (Å²) in [7, 11) is 0. The largest absolute Gasteiger partial charge is 0.456 e. The predicted molar refractivity (Wildman–Crippen MR) is 136 cm³/mol. The number of piperazine rings is 1. The summed E-state index contributed by atoms with van der Waals surface area (Å²) in [4.78, 5) is 42.6. The zero-order chi connectivity index (χ0) is 25.2. The van der Waals surface area contributed by atoms with E-state index in [0.717, 1.165) is 5.69 Å². The number of rotatable bonds is 5. The molecule has 2 aliphatic rings. The molecule has 11 nitrogen and oxygen atoms in total. The molecule has 5 rings (SSSR count). The minimum Gasteiger partial charge on any atom is -0.456 e. The molecule has 36 heavy (non-hydrogen) atoms. The molecule has 0 N–H and O–H groups in total. The van der Waals surface area contributed by atoms with Crippen LogP contribution < -0.4 is 4.90 Å². The van der Waals surface area contributed by atoms with Crippen LogP contribution in [0.3, 0.4) is 0 Å². The van der Waals surface area contributed by atoms with Crippen molar-refractivity contribution in [2.45, 2.75) is 0 Å². The Morgan fingerprint density at radius 1 is 0.889 bits per heavy atom. The summed E-state index contributed by atoms with van der Waals surface area (Å²) in [6.07, 6.45) is 1.59. The molecule has 0 unspecified atom stereocenters. The topological polar surface area (TPSA) is 135 Å². The molecule has 3 heterocycles. The monoisotopic (exact) mass is 505 g/mol. The van der Waals surface area contributed by atoms with Gasteiger partial charge in [-0.15, -0.1) is 0 Å². The Bertz CT molecular complexity index is 1410. The molecule has 0 bridgehead atoms. The molecule has 1 saturated heterocycles. The van der Waals surface area contributed by atoms with Crippen molar-refractivity contribution >= 4 is 46.0 Å². The second-order valence-electron chi connectivity index (χ2n) is 8.03. The first-order valence-corrected chi connectivity index (χ1v) is 11.8. The Labute approximate surface area is 209 Å². The number of anilines is 1. The number of non-ortho nitro benzene ring substituents is 1. The number of amides is 1. The van der Waals surface area contributed by atoms with E-state index in [1.807, 2.05) is 4.90 Å². The highest BCUT2D eigenvalue weighted by Crippen LogP contribution is 2.34. The van der Waals surface area contributed by atoms with E-state index in [2.05, 4.69) is 9.89 Å². The maximum absolute atomic E-state index is 12.5. The summed E-state index contributed by atoms with van der Waals surface area (Å²) in [5.41, 5.74) is 1.26. The normalized spacial score (nSPS) is 16.9. The van der Waals surface area contributed by atoms with Crippen LogP contribution in [0.4, 0.5) is 17.1 Å². The number of hydrogen-bond donors (Lipinski definition) is 0. The standard InChI is InChI=1S/C24H19N5O6S/c30-23-22(15-18-9-10-21(35-18)19-3-1-2-4-20(19)29(33)34)36-24(25-23)27-13-11-26(12-14-27)16-5-7-17(8-6-16)28(31)32/h1-10,15H,11-14H2. The van der Waals surface area contributed by atoms with Crippen LogP contribution in [-0.2, 0) is 4.79 Å². The maximum atomic E-state index is 12.5. The van der Waals surface area contributed by atoms with Crippen LogP contribution in [0.1, 0.15) is 5.76 Å². The summed E-state index contributed by atoms with van der Waals surface area (Å²) in [5.74, 6) is 0.378. The molecular formula is C24H19N5O6S. The summed E-state index contributed by atoms with van der Waals surface area (Å²) in [5, 5.41) is 22.8. The number of nitrogens with zero attached hydrogens (tertiary/aromatic N) is 5. The minimum atomic E-state index is -0.464. The number of furan rings is 1. The second kappa shape index (κ2) is 9.66. The van der Waals surface area contributed by atoms with Crippen LogP contribution in [0.2, 0.25) is 0 Å². The molecule has 1 amide bonds. The fraction of sp³-hybridized carbons (Fsp3) is 0.167. The van der Waals surface area contributed by atoms with Gasteiger partial charge in [0.1, 0.15) is 11.5 Å². The van der Waals surface area contributed by atoms with E-state index >= 15 is 0 Å². The minimum absolute atomic E-state index is 0.0533. The van der Waals surface area contributed by atoms with Crippen molar-refractivity contribution in [2.75, 3.05) is 31.1 Å². The van der Waals surface area contributed by atoms with E-state index in [1.54, 1.807) is 48.5 Å². The van der Waals surface area contributed by atoms with Crippen molar-refractivity contribution in [1.29, 1.82) is 0 Å². The number of benzene rings is 2. The van der Waals surface area contributed by atoms with Gasteiger partial charge >= 0.3 is 0 Å². The number of para-hydroxylation sites is 1. The van der Waals surface area contributed by atoms with Crippen molar-refractivity contribution in [3.8, 4) is 11.3 Å². The first kappa shape index (κ1) is 23.3. The molecule has 2 aromatic carbocycles. The van der Waals surface area contributed by atoms with Gasteiger partial charge in [0.2, 0.25) is 0 Å². The van der Waals surface area contributed by atoms with Gasteiger partial charge in [-0.1, -0.05) is 12.1 Å². The zero-order valence-electron chi connectivity index (χ0n) is 18.8. The molecule has 1 fully saturated rings. The summed E-state index contributed by atoms with van der Waals surface area (Å²) in [6.45, 7) is 2.65. The number of thioether (sulfide) groups is 1. The summed E-state index contributed by atoms with van der Waals surface area (Å²) in [6, 6.07) is 16.1. The molecule has 3 aromatic rings.